The van der Waals surface area contributed by atoms with E-state index in [1.807, 2.05) is 12.1 Å². The summed E-state index contributed by atoms with van der Waals surface area (Å²) in [5.74, 6) is 2.12. The average Bonchev–Trinajstić information content (AvgIpc) is 4.03. The van der Waals surface area contributed by atoms with Crippen molar-refractivity contribution < 1.29 is 44.2 Å². The summed E-state index contributed by atoms with van der Waals surface area (Å²) in [6.45, 7) is 2.77. The van der Waals surface area contributed by atoms with Crippen LogP contribution < -0.4 is 18.9 Å². The SMILES string of the molecule is CN(CC1CC1)[C@@H]1Cc2ccc(OC(=O)Oc3ccc4c5c3O[C@H]3[C@H](O)CC[C@@]6(O)C(C4)N(CC4CC4)CC[C@]536)c3c2C2[C@@H](O3)[C@H](O)CC[C@]21O. The summed E-state index contributed by atoms with van der Waals surface area (Å²) >= 11 is 0. The molecule has 3 heterocycles. The maximum atomic E-state index is 13.6. The number of aliphatic hydroxyl groups is 4. The molecule has 0 amide bonds. The highest BCUT2D eigenvalue weighted by molar-refractivity contribution is 5.73. The lowest BCUT2D eigenvalue weighted by Crippen LogP contribution is -2.77. The Morgan fingerprint density at radius 1 is 0.882 bits per heavy atom. The zero-order chi connectivity index (χ0) is 34.6. The van der Waals surface area contributed by atoms with Crippen LogP contribution in [0, 0.1) is 11.8 Å². The van der Waals surface area contributed by atoms with Crippen LogP contribution in [0.2, 0.25) is 0 Å². The number of hydrogen-bond donors (Lipinski definition) is 4. The molecule has 6 aliphatic carbocycles. The number of nitrogens with zero attached hydrogens (tertiary/aromatic N) is 2. The normalized spacial score (nSPS) is 41.0. The van der Waals surface area contributed by atoms with Gasteiger partial charge in [0.1, 0.15) is 12.2 Å². The lowest BCUT2D eigenvalue weighted by Gasteiger charge is -2.63. The molecule has 272 valence electrons. The van der Waals surface area contributed by atoms with Gasteiger partial charge in [0.15, 0.2) is 23.0 Å². The number of benzene rings is 2. The van der Waals surface area contributed by atoms with Crippen LogP contribution in [0.5, 0.6) is 23.0 Å². The number of piperidine rings is 1. The first-order chi connectivity index (χ1) is 24.6. The number of likely N-dealkylation sites (N-methyl/N-ethyl adjacent to an activating group) is 1. The van der Waals surface area contributed by atoms with E-state index in [9.17, 15) is 25.2 Å². The predicted octanol–water partition coefficient (Wildman–Crippen LogP) is 3.19. The van der Waals surface area contributed by atoms with E-state index in [-0.39, 0.29) is 23.6 Å². The summed E-state index contributed by atoms with van der Waals surface area (Å²) in [5, 5.41) is 47.4. The van der Waals surface area contributed by atoms with E-state index >= 15 is 0 Å². The van der Waals surface area contributed by atoms with Crippen LogP contribution >= 0.6 is 0 Å². The van der Waals surface area contributed by atoms with E-state index in [0.29, 0.717) is 68.3 Å². The number of hydrogen-bond acceptors (Lipinski definition) is 11. The van der Waals surface area contributed by atoms with Crippen molar-refractivity contribution in [2.45, 2.75) is 130 Å². The fourth-order valence-electron chi connectivity index (χ4n) is 12.1. The Morgan fingerprint density at radius 2 is 1.61 bits per heavy atom. The van der Waals surface area contributed by atoms with Gasteiger partial charge in [-0.3, -0.25) is 9.80 Å². The highest BCUT2D eigenvalue weighted by atomic mass is 16.7. The Bertz CT molecular complexity index is 1830. The van der Waals surface area contributed by atoms with Gasteiger partial charge in [-0.15, -0.1) is 0 Å². The zero-order valence-electron chi connectivity index (χ0n) is 29.1. The van der Waals surface area contributed by atoms with Crippen molar-refractivity contribution >= 4 is 6.16 Å². The Morgan fingerprint density at radius 3 is 2.37 bits per heavy atom. The van der Waals surface area contributed by atoms with Gasteiger partial charge in [0.25, 0.3) is 0 Å². The van der Waals surface area contributed by atoms with Crippen molar-refractivity contribution in [1.29, 1.82) is 0 Å². The van der Waals surface area contributed by atoms with Gasteiger partial charge in [0.2, 0.25) is 0 Å². The number of aliphatic hydroxyl groups excluding tert-OH is 2. The number of carbonyl (C=O) groups is 1. The fraction of sp³-hybridized carbons (Fsp3) is 0.675. The third kappa shape index (κ3) is 4.25. The second-order valence-electron chi connectivity index (χ2n) is 17.6. The maximum absolute atomic E-state index is 13.6. The smallest absolute Gasteiger partial charge is 0.483 e. The summed E-state index contributed by atoms with van der Waals surface area (Å²) in [6.07, 6.45) is 5.04. The fourth-order valence-corrected chi connectivity index (χ4v) is 12.1. The van der Waals surface area contributed by atoms with Crippen LogP contribution in [0.15, 0.2) is 24.3 Å². The van der Waals surface area contributed by atoms with E-state index in [4.69, 9.17) is 18.9 Å². The van der Waals surface area contributed by atoms with Gasteiger partial charge in [0.05, 0.1) is 34.7 Å². The minimum absolute atomic E-state index is 0.0497. The van der Waals surface area contributed by atoms with E-state index in [1.165, 1.54) is 25.7 Å². The molecule has 5 fully saturated rings. The van der Waals surface area contributed by atoms with Gasteiger partial charge < -0.3 is 39.4 Å². The maximum Gasteiger partial charge on any atom is 0.519 e. The molecule has 4 saturated carbocycles. The van der Waals surface area contributed by atoms with Gasteiger partial charge in [-0.1, -0.05) is 12.1 Å². The van der Waals surface area contributed by atoms with Crippen molar-refractivity contribution in [3.05, 3.63) is 46.5 Å². The second kappa shape index (κ2) is 10.6. The van der Waals surface area contributed by atoms with Crippen LogP contribution in [0.3, 0.4) is 0 Å². The molecule has 1 spiro atoms. The third-order valence-corrected chi connectivity index (χ3v) is 14.8. The van der Waals surface area contributed by atoms with Gasteiger partial charge in [-0.2, -0.15) is 0 Å². The standard InChI is InChI=1S/C40H48N2O9/c1-41(18-20-2-3-20)28-16-22-6-8-26(34-30(22)32-33(50-34)24(43)10-12-39(28,32)46)48-37(45)49-27-9-7-23-17-29-40(47)13-11-25(44)36-38(40,31(23)35(27)51-36)14-15-42(29)19-21-4-5-21/h6-9,20-21,24-25,28-29,32-33,36,43-44,46-47H,2-5,10-19H2,1H3/t24-,25-,28-,29?,32?,33+,36+,38+,39-,40-/m1/s1. The largest absolute Gasteiger partial charge is 0.519 e. The first-order valence-corrected chi connectivity index (χ1v) is 19.4. The second-order valence-corrected chi connectivity index (χ2v) is 17.6. The molecule has 2 aromatic carbocycles. The Kier molecular flexibility index (Phi) is 6.57. The van der Waals surface area contributed by atoms with Gasteiger partial charge >= 0.3 is 6.16 Å². The monoisotopic (exact) mass is 700 g/mol. The predicted molar refractivity (Wildman–Crippen MR) is 182 cm³/mol. The molecule has 51 heavy (non-hydrogen) atoms. The Balaban J connectivity index is 0.903. The number of rotatable bonds is 7. The summed E-state index contributed by atoms with van der Waals surface area (Å²) in [5.41, 5.74) is 0.886. The van der Waals surface area contributed by atoms with Crippen molar-refractivity contribution in [3.8, 4) is 23.0 Å². The quantitative estimate of drug-likeness (QED) is 0.250. The minimum atomic E-state index is -1.08. The van der Waals surface area contributed by atoms with Crippen LogP contribution in [0.1, 0.15) is 86.0 Å². The summed E-state index contributed by atoms with van der Waals surface area (Å²) in [7, 11) is 2.10. The van der Waals surface area contributed by atoms with Crippen molar-refractivity contribution in [2.24, 2.45) is 11.8 Å². The molecule has 11 rings (SSSR count). The molecule has 11 nitrogen and oxygen atoms in total. The van der Waals surface area contributed by atoms with Crippen LogP contribution in [0.4, 0.5) is 4.79 Å². The molecule has 1 saturated heterocycles. The van der Waals surface area contributed by atoms with Gasteiger partial charge in [0, 0.05) is 36.3 Å². The molecular formula is C40H48N2O9. The Labute approximate surface area is 297 Å². The highest BCUT2D eigenvalue weighted by Crippen LogP contribution is 2.66. The molecule has 0 aromatic heterocycles. The topological polar surface area (TPSA) is 141 Å². The molecule has 4 N–H and O–H groups in total. The molecule has 2 unspecified atom stereocenters. The molecule has 3 aliphatic heterocycles. The Hall–Kier alpha value is -2.93. The van der Waals surface area contributed by atoms with Crippen LogP contribution in [0.25, 0.3) is 0 Å². The average molecular weight is 701 g/mol. The van der Waals surface area contributed by atoms with E-state index < -0.39 is 53.1 Å². The highest BCUT2D eigenvalue weighted by Gasteiger charge is 2.73. The molecule has 11 heteroatoms. The molecule has 9 aliphatic rings. The first kappa shape index (κ1) is 31.6. The minimum Gasteiger partial charge on any atom is -0.483 e. The van der Waals surface area contributed by atoms with Crippen molar-refractivity contribution in [3.63, 3.8) is 0 Å². The van der Waals surface area contributed by atoms with E-state index in [0.717, 1.165) is 41.9 Å². The lowest BCUT2D eigenvalue weighted by atomic mass is 9.48. The third-order valence-electron chi connectivity index (χ3n) is 14.8. The number of ether oxygens (including phenoxy) is 4. The molecule has 0 radical (unpaired) electrons. The van der Waals surface area contributed by atoms with E-state index in [2.05, 4.69) is 16.8 Å². The molecule has 10 atom stereocenters. The lowest BCUT2D eigenvalue weighted by molar-refractivity contribution is -0.208. The van der Waals surface area contributed by atoms with Crippen molar-refractivity contribution in [1.82, 2.24) is 9.80 Å². The summed E-state index contributed by atoms with van der Waals surface area (Å²) in [4.78, 5) is 18.4. The summed E-state index contributed by atoms with van der Waals surface area (Å²) < 4.78 is 24.8. The molecule has 2 aromatic rings. The van der Waals surface area contributed by atoms with E-state index in [1.54, 1.807) is 12.1 Å². The first-order valence-electron chi connectivity index (χ1n) is 19.4. The van der Waals surface area contributed by atoms with Gasteiger partial charge in [-0.25, -0.2) is 4.79 Å². The number of carbonyl (C=O) groups excluding carboxylic acids is 1. The zero-order valence-corrected chi connectivity index (χ0v) is 29.1. The number of likely N-dealkylation sites (tertiary alicyclic amines) is 1. The van der Waals surface area contributed by atoms with Crippen LogP contribution in [-0.2, 0) is 18.3 Å². The van der Waals surface area contributed by atoms with Crippen molar-refractivity contribution in [2.75, 3.05) is 26.7 Å². The molecule has 2 bridgehead atoms. The van der Waals surface area contributed by atoms with Crippen LogP contribution in [-0.4, -0.2) is 111 Å². The molecular weight excluding hydrogens is 652 g/mol. The van der Waals surface area contributed by atoms with Gasteiger partial charge in [-0.05, 0) is 119 Å². The summed E-state index contributed by atoms with van der Waals surface area (Å²) in [6, 6.07) is 7.25.